The Hall–Kier alpha value is -1.80. The number of hydrogen-bond donors (Lipinski definition) is 3. The van der Waals surface area contributed by atoms with Crippen LogP contribution in [0.2, 0.25) is 0 Å². The summed E-state index contributed by atoms with van der Waals surface area (Å²) in [6.45, 7) is 0.816. The number of morpholine rings is 1. The van der Waals surface area contributed by atoms with Gasteiger partial charge in [0.15, 0.2) is 0 Å². The molecule has 1 fully saturated rings. The van der Waals surface area contributed by atoms with Gasteiger partial charge < -0.3 is 20.5 Å². The summed E-state index contributed by atoms with van der Waals surface area (Å²) < 4.78 is 44.5. The maximum absolute atomic E-state index is 13.1. The Kier molecular flexibility index (Phi) is 4.38. The molecule has 8 heteroatoms. The summed E-state index contributed by atoms with van der Waals surface area (Å²) in [6.07, 6.45) is -4.60. The zero-order valence-electron chi connectivity index (χ0n) is 11.2. The van der Waals surface area contributed by atoms with Gasteiger partial charge >= 0.3 is 6.18 Å². The molecule has 0 amide bonds. The Morgan fingerprint density at radius 1 is 1.48 bits per heavy atom. The van der Waals surface area contributed by atoms with Crippen LogP contribution in [0.3, 0.4) is 0 Å². The smallest absolute Gasteiger partial charge is 0.394 e. The van der Waals surface area contributed by atoms with Crippen LogP contribution in [0.1, 0.15) is 11.1 Å². The van der Waals surface area contributed by atoms with E-state index in [4.69, 9.17) is 15.9 Å². The van der Waals surface area contributed by atoms with Crippen LogP contribution in [-0.2, 0) is 10.9 Å². The van der Waals surface area contributed by atoms with Gasteiger partial charge in [-0.1, -0.05) is 0 Å². The van der Waals surface area contributed by atoms with Gasteiger partial charge in [0.1, 0.15) is 5.84 Å². The van der Waals surface area contributed by atoms with E-state index in [0.717, 1.165) is 6.07 Å². The predicted octanol–water partition coefficient (Wildman–Crippen LogP) is 1.19. The van der Waals surface area contributed by atoms with E-state index in [1.54, 1.807) is 4.90 Å². The van der Waals surface area contributed by atoms with Crippen LogP contribution in [0.5, 0.6) is 0 Å². The van der Waals surface area contributed by atoms with Crippen molar-refractivity contribution in [3.63, 3.8) is 0 Å². The Morgan fingerprint density at radius 2 is 2.19 bits per heavy atom. The molecule has 0 aromatic heterocycles. The highest BCUT2D eigenvalue weighted by molar-refractivity contribution is 5.97. The number of ether oxygens (including phenoxy) is 1. The standard InChI is InChI=1S/C13H16F3N3O2/c14-13(15,16)11-5-8(1-2-10(11)12(17)18)19-3-4-21-7-9(19)6-20/h1-2,5,9,20H,3-4,6-7H2,(H3,17,18). The summed E-state index contributed by atoms with van der Waals surface area (Å²) in [5.41, 5.74) is 4.24. The fourth-order valence-electron chi connectivity index (χ4n) is 2.33. The second kappa shape index (κ2) is 5.90. The Bertz CT molecular complexity index is 534. The minimum Gasteiger partial charge on any atom is -0.394 e. The molecule has 0 spiro atoms. The van der Waals surface area contributed by atoms with Crippen molar-refractivity contribution in [1.82, 2.24) is 0 Å². The molecule has 1 saturated heterocycles. The van der Waals surface area contributed by atoms with Gasteiger partial charge in [-0.2, -0.15) is 13.2 Å². The lowest BCUT2D eigenvalue weighted by molar-refractivity contribution is -0.137. The van der Waals surface area contributed by atoms with Gasteiger partial charge in [0.2, 0.25) is 0 Å². The van der Waals surface area contributed by atoms with E-state index in [1.165, 1.54) is 12.1 Å². The lowest BCUT2D eigenvalue weighted by Gasteiger charge is -2.36. The van der Waals surface area contributed by atoms with Crippen molar-refractivity contribution in [2.75, 3.05) is 31.3 Å². The molecule has 1 aromatic rings. The van der Waals surface area contributed by atoms with Crippen LogP contribution in [-0.4, -0.2) is 43.3 Å². The molecule has 5 nitrogen and oxygen atoms in total. The third-order valence-electron chi connectivity index (χ3n) is 3.37. The van der Waals surface area contributed by atoms with E-state index in [0.29, 0.717) is 18.8 Å². The average molecular weight is 303 g/mol. The number of nitrogens with two attached hydrogens (primary N) is 1. The topological polar surface area (TPSA) is 82.6 Å². The van der Waals surface area contributed by atoms with Crippen molar-refractivity contribution in [2.24, 2.45) is 5.73 Å². The quantitative estimate of drug-likeness (QED) is 0.578. The second-order valence-corrected chi connectivity index (χ2v) is 4.75. The number of aliphatic hydroxyl groups excluding tert-OH is 1. The number of halogens is 3. The van der Waals surface area contributed by atoms with E-state index in [1.807, 2.05) is 0 Å². The first-order valence-electron chi connectivity index (χ1n) is 6.35. The second-order valence-electron chi connectivity index (χ2n) is 4.75. The van der Waals surface area contributed by atoms with Gasteiger partial charge in [0.25, 0.3) is 0 Å². The fourth-order valence-corrected chi connectivity index (χ4v) is 2.33. The molecular weight excluding hydrogens is 287 g/mol. The van der Waals surface area contributed by atoms with Crippen LogP contribution in [0.4, 0.5) is 18.9 Å². The summed E-state index contributed by atoms with van der Waals surface area (Å²) in [5.74, 6) is -0.630. The number of aliphatic hydroxyl groups is 1. The molecule has 1 aliphatic rings. The highest BCUT2D eigenvalue weighted by Gasteiger charge is 2.35. The molecule has 1 atom stereocenters. The fraction of sp³-hybridized carbons (Fsp3) is 0.462. The van der Waals surface area contributed by atoms with E-state index >= 15 is 0 Å². The molecule has 1 aromatic carbocycles. The molecule has 21 heavy (non-hydrogen) atoms. The molecular formula is C13H16F3N3O2. The maximum Gasteiger partial charge on any atom is 0.417 e. The number of nitrogen functional groups attached to an aromatic ring is 1. The Morgan fingerprint density at radius 3 is 2.76 bits per heavy atom. The van der Waals surface area contributed by atoms with Crippen LogP contribution >= 0.6 is 0 Å². The zero-order valence-corrected chi connectivity index (χ0v) is 11.2. The number of nitrogens with zero attached hydrogens (tertiary/aromatic N) is 1. The Labute approximate surface area is 119 Å². The lowest BCUT2D eigenvalue weighted by atomic mass is 10.0. The summed E-state index contributed by atoms with van der Waals surface area (Å²) in [7, 11) is 0. The highest BCUT2D eigenvalue weighted by atomic mass is 19.4. The summed E-state index contributed by atoms with van der Waals surface area (Å²) in [4.78, 5) is 1.67. The summed E-state index contributed by atoms with van der Waals surface area (Å²) in [6, 6.07) is 3.23. The van der Waals surface area contributed by atoms with E-state index in [-0.39, 0.29) is 24.8 Å². The number of alkyl halides is 3. The van der Waals surface area contributed by atoms with Gasteiger partial charge in [-0.05, 0) is 18.2 Å². The lowest BCUT2D eigenvalue weighted by Crippen LogP contribution is -2.47. The van der Waals surface area contributed by atoms with Crippen LogP contribution in [0, 0.1) is 5.41 Å². The van der Waals surface area contributed by atoms with Gasteiger partial charge in [-0.25, -0.2) is 0 Å². The van der Waals surface area contributed by atoms with Crippen molar-refractivity contribution in [3.05, 3.63) is 29.3 Å². The Balaban J connectivity index is 2.44. The van der Waals surface area contributed by atoms with Crippen molar-refractivity contribution < 1.29 is 23.0 Å². The van der Waals surface area contributed by atoms with Gasteiger partial charge in [-0.3, -0.25) is 5.41 Å². The van der Waals surface area contributed by atoms with Gasteiger partial charge in [0.05, 0.1) is 31.4 Å². The third-order valence-corrected chi connectivity index (χ3v) is 3.37. The monoisotopic (exact) mass is 303 g/mol. The SMILES string of the molecule is N=C(N)c1ccc(N2CCOCC2CO)cc1C(F)(F)F. The number of nitrogens with one attached hydrogen (secondary N) is 1. The van der Waals surface area contributed by atoms with E-state index in [2.05, 4.69) is 0 Å². The molecule has 0 aliphatic carbocycles. The summed E-state index contributed by atoms with van der Waals surface area (Å²) >= 11 is 0. The molecule has 1 aliphatic heterocycles. The van der Waals surface area contributed by atoms with Crippen molar-refractivity contribution in [1.29, 1.82) is 5.41 Å². The highest BCUT2D eigenvalue weighted by Crippen LogP contribution is 2.35. The van der Waals surface area contributed by atoms with Crippen LogP contribution in [0.25, 0.3) is 0 Å². The van der Waals surface area contributed by atoms with Crippen LogP contribution < -0.4 is 10.6 Å². The first-order valence-corrected chi connectivity index (χ1v) is 6.35. The van der Waals surface area contributed by atoms with Crippen LogP contribution in [0.15, 0.2) is 18.2 Å². The molecule has 1 unspecified atom stereocenters. The minimum atomic E-state index is -4.60. The first-order chi connectivity index (χ1) is 9.84. The maximum atomic E-state index is 13.1. The number of amidine groups is 1. The molecule has 4 N–H and O–H groups in total. The molecule has 0 saturated carbocycles. The number of hydrogen-bond acceptors (Lipinski definition) is 4. The van der Waals surface area contributed by atoms with Crippen molar-refractivity contribution >= 4 is 11.5 Å². The third kappa shape index (κ3) is 3.27. The van der Waals surface area contributed by atoms with E-state index in [9.17, 15) is 18.3 Å². The van der Waals surface area contributed by atoms with Crippen molar-refractivity contribution in [2.45, 2.75) is 12.2 Å². The first kappa shape index (κ1) is 15.6. The zero-order chi connectivity index (χ0) is 15.6. The molecule has 2 rings (SSSR count). The van der Waals surface area contributed by atoms with Gasteiger partial charge in [0, 0.05) is 17.8 Å². The molecule has 116 valence electrons. The average Bonchev–Trinajstić information content (AvgIpc) is 2.45. The van der Waals surface area contributed by atoms with Crippen molar-refractivity contribution in [3.8, 4) is 0 Å². The largest absolute Gasteiger partial charge is 0.417 e. The molecule has 0 radical (unpaired) electrons. The number of rotatable bonds is 3. The predicted molar refractivity (Wildman–Crippen MR) is 71.5 cm³/mol. The van der Waals surface area contributed by atoms with Gasteiger partial charge in [-0.15, -0.1) is 0 Å². The molecule has 1 heterocycles. The van der Waals surface area contributed by atoms with E-state index < -0.39 is 17.6 Å². The number of benzene rings is 1. The number of anilines is 1. The molecule has 0 bridgehead atoms. The summed E-state index contributed by atoms with van der Waals surface area (Å²) in [5, 5.41) is 16.5. The normalized spacial score (nSPS) is 19.6. The minimum absolute atomic E-state index is 0.212.